The lowest BCUT2D eigenvalue weighted by Gasteiger charge is -2.27. The molecular weight excluding hydrogens is 340 g/mol. The predicted molar refractivity (Wildman–Crippen MR) is 110 cm³/mol. The van der Waals surface area contributed by atoms with Crippen LogP contribution in [0.1, 0.15) is 52.0 Å². The third-order valence-corrected chi connectivity index (χ3v) is 5.08. The molecule has 1 fully saturated rings. The number of amides is 1. The molecule has 2 rings (SSSR count). The maximum Gasteiger partial charge on any atom is 0.222 e. The van der Waals surface area contributed by atoms with Gasteiger partial charge in [-0.15, -0.1) is 0 Å². The van der Waals surface area contributed by atoms with E-state index < -0.39 is 5.60 Å². The minimum atomic E-state index is -1.02. The monoisotopic (exact) mass is 374 g/mol. The number of guanidine groups is 1. The Morgan fingerprint density at radius 3 is 2.63 bits per heavy atom. The Hall–Kier alpha value is -2.08. The fraction of sp³-hybridized carbons (Fsp3) is 0.619. The number of carbonyl (C=O) groups excluding carboxylic acids is 1. The standard InChI is InChI=1S/C21H34N4O2/c1-4-18(25-15-9-12-19(25)26)13-14-23-20(22-5-2)24-16-21(3,27)17-10-7-6-8-11-17/h6-8,10-11,18,27H,4-5,9,12-16H2,1-3H3,(H2,22,23,24). The van der Waals surface area contributed by atoms with Gasteiger partial charge in [-0.2, -0.15) is 0 Å². The first-order chi connectivity index (χ1) is 13.0. The molecule has 3 N–H and O–H groups in total. The van der Waals surface area contributed by atoms with Crippen LogP contribution in [0.3, 0.4) is 0 Å². The highest BCUT2D eigenvalue weighted by molar-refractivity contribution is 5.80. The molecule has 6 nitrogen and oxygen atoms in total. The van der Waals surface area contributed by atoms with E-state index in [-0.39, 0.29) is 18.5 Å². The SMILES string of the molecule is CCNC(=NCC(C)(O)c1ccccc1)NCCC(CC)N1CCCC1=O. The Morgan fingerprint density at radius 2 is 2.04 bits per heavy atom. The molecular formula is C21H34N4O2. The predicted octanol–water partition coefficient (Wildman–Crippen LogP) is 2.24. The van der Waals surface area contributed by atoms with Crippen LogP contribution in [-0.2, 0) is 10.4 Å². The summed E-state index contributed by atoms with van der Waals surface area (Å²) < 4.78 is 0. The van der Waals surface area contributed by atoms with Crippen molar-refractivity contribution in [2.24, 2.45) is 4.99 Å². The summed E-state index contributed by atoms with van der Waals surface area (Å²) in [7, 11) is 0. The van der Waals surface area contributed by atoms with E-state index in [1.807, 2.05) is 42.2 Å². The Kier molecular flexibility index (Phi) is 8.10. The zero-order valence-electron chi connectivity index (χ0n) is 16.9. The van der Waals surface area contributed by atoms with Gasteiger partial charge in [-0.1, -0.05) is 37.3 Å². The highest BCUT2D eigenvalue weighted by Gasteiger charge is 2.26. The van der Waals surface area contributed by atoms with Gasteiger partial charge < -0.3 is 20.6 Å². The number of rotatable bonds is 9. The summed E-state index contributed by atoms with van der Waals surface area (Å²) >= 11 is 0. The summed E-state index contributed by atoms with van der Waals surface area (Å²) in [6, 6.07) is 9.87. The molecule has 1 aliphatic heterocycles. The van der Waals surface area contributed by atoms with E-state index >= 15 is 0 Å². The topological polar surface area (TPSA) is 77.0 Å². The second-order valence-electron chi connectivity index (χ2n) is 7.30. The van der Waals surface area contributed by atoms with Gasteiger partial charge in [0.05, 0.1) is 6.54 Å². The van der Waals surface area contributed by atoms with Gasteiger partial charge in [0.25, 0.3) is 0 Å². The van der Waals surface area contributed by atoms with Crippen LogP contribution < -0.4 is 10.6 Å². The highest BCUT2D eigenvalue weighted by atomic mass is 16.3. The van der Waals surface area contributed by atoms with Crippen LogP contribution in [0.25, 0.3) is 0 Å². The average Bonchev–Trinajstić information content (AvgIpc) is 3.10. The average molecular weight is 375 g/mol. The summed E-state index contributed by atoms with van der Waals surface area (Å²) in [5.74, 6) is 0.970. The minimum Gasteiger partial charge on any atom is -0.384 e. The molecule has 1 amide bonds. The molecule has 150 valence electrons. The molecule has 0 spiro atoms. The molecule has 0 radical (unpaired) electrons. The van der Waals surface area contributed by atoms with E-state index in [4.69, 9.17) is 0 Å². The van der Waals surface area contributed by atoms with Crippen molar-refractivity contribution >= 4 is 11.9 Å². The third kappa shape index (κ3) is 6.24. The first kappa shape index (κ1) is 21.2. The molecule has 0 bridgehead atoms. The van der Waals surface area contributed by atoms with Gasteiger partial charge in [0.15, 0.2) is 5.96 Å². The van der Waals surface area contributed by atoms with Gasteiger partial charge in [-0.05, 0) is 38.7 Å². The van der Waals surface area contributed by atoms with E-state index in [0.29, 0.717) is 12.4 Å². The van der Waals surface area contributed by atoms with E-state index in [0.717, 1.165) is 44.5 Å². The van der Waals surface area contributed by atoms with Crippen molar-refractivity contribution < 1.29 is 9.90 Å². The summed E-state index contributed by atoms with van der Waals surface area (Å²) in [4.78, 5) is 18.5. The molecule has 6 heteroatoms. The number of carbonyl (C=O) groups is 1. The van der Waals surface area contributed by atoms with Gasteiger partial charge >= 0.3 is 0 Å². The molecule has 0 aliphatic carbocycles. The number of nitrogens with one attached hydrogen (secondary N) is 2. The van der Waals surface area contributed by atoms with Crippen LogP contribution in [0.5, 0.6) is 0 Å². The second kappa shape index (κ2) is 10.3. The van der Waals surface area contributed by atoms with Gasteiger partial charge in [-0.25, -0.2) is 4.99 Å². The molecule has 0 saturated carbocycles. The second-order valence-corrected chi connectivity index (χ2v) is 7.30. The van der Waals surface area contributed by atoms with Crippen molar-refractivity contribution in [3.05, 3.63) is 35.9 Å². The molecule has 2 unspecified atom stereocenters. The molecule has 1 aliphatic rings. The molecule has 2 atom stereocenters. The van der Waals surface area contributed by atoms with Crippen molar-refractivity contribution in [3.8, 4) is 0 Å². The zero-order chi connectivity index (χ0) is 19.7. The van der Waals surface area contributed by atoms with Crippen LogP contribution in [0.15, 0.2) is 35.3 Å². The van der Waals surface area contributed by atoms with Crippen molar-refractivity contribution in [2.45, 2.75) is 58.1 Å². The lowest BCUT2D eigenvalue weighted by molar-refractivity contribution is -0.129. The van der Waals surface area contributed by atoms with E-state index in [1.165, 1.54) is 0 Å². The summed E-state index contributed by atoms with van der Waals surface area (Å²) in [5.41, 5.74) is -0.166. The molecule has 1 aromatic rings. The summed E-state index contributed by atoms with van der Waals surface area (Å²) in [5, 5.41) is 17.3. The van der Waals surface area contributed by atoms with Crippen molar-refractivity contribution in [1.29, 1.82) is 0 Å². The third-order valence-electron chi connectivity index (χ3n) is 5.08. The normalized spacial score (nSPS) is 18.3. The molecule has 27 heavy (non-hydrogen) atoms. The van der Waals surface area contributed by atoms with Crippen molar-refractivity contribution in [2.75, 3.05) is 26.2 Å². The van der Waals surface area contributed by atoms with Gasteiger partial charge in [0, 0.05) is 32.1 Å². The van der Waals surface area contributed by atoms with Gasteiger partial charge in [-0.3, -0.25) is 4.79 Å². The highest BCUT2D eigenvalue weighted by Crippen LogP contribution is 2.20. The number of likely N-dealkylation sites (tertiary alicyclic amines) is 1. The Balaban J connectivity index is 1.90. The van der Waals surface area contributed by atoms with E-state index in [9.17, 15) is 9.90 Å². The molecule has 1 saturated heterocycles. The van der Waals surface area contributed by atoms with Crippen LogP contribution in [-0.4, -0.2) is 54.1 Å². The van der Waals surface area contributed by atoms with Gasteiger partial charge in [0.2, 0.25) is 5.91 Å². The quantitative estimate of drug-likeness (QED) is 0.458. The minimum absolute atomic E-state index is 0.272. The first-order valence-electron chi connectivity index (χ1n) is 10.1. The molecule has 0 aromatic heterocycles. The summed E-state index contributed by atoms with van der Waals surface area (Å²) in [6.07, 6.45) is 3.51. The molecule has 1 aromatic carbocycles. The van der Waals surface area contributed by atoms with E-state index in [2.05, 4.69) is 22.5 Å². The van der Waals surface area contributed by atoms with Crippen LogP contribution >= 0.6 is 0 Å². The largest absolute Gasteiger partial charge is 0.384 e. The van der Waals surface area contributed by atoms with Gasteiger partial charge in [0.1, 0.15) is 5.60 Å². The first-order valence-corrected chi connectivity index (χ1v) is 10.1. The smallest absolute Gasteiger partial charge is 0.222 e. The fourth-order valence-electron chi connectivity index (χ4n) is 3.46. The van der Waals surface area contributed by atoms with Crippen LogP contribution in [0.4, 0.5) is 0 Å². The number of benzene rings is 1. The lowest BCUT2D eigenvalue weighted by Crippen LogP contribution is -2.42. The van der Waals surface area contributed by atoms with E-state index in [1.54, 1.807) is 6.92 Å². The van der Waals surface area contributed by atoms with Crippen LogP contribution in [0, 0.1) is 0 Å². The zero-order valence-corrected chi connectivity index (χ0v) is 16.9. The van der Waals surface area contributed by atoms with Crippen LogP contribution in [0.2, 0.25) is 0 Å². The Labute approximate surface area is 163 Å². The van der Waals surface area contributed by atoms with Crippen molar-refractivity contribution in [1.82, 2.24) is 15.5 Å². The number of nitrogens with zero attached hydrogens (tertiary/aromatic N) is 2. The Bertz CT molecular complexity index is 616. The maximum atomic E-state index is 12.0. The number of hydrogen-bond acceptors (Lipinski definition) is 3. The number of aliphatic hydroxyl groups is 1. The summed E-state index contributed by atoms with van der Waals surface area (Å²) in [6.45, 7) is 8.57. The van der Waals surface area contributed by atoms with Crippen molar-refractivity contribution in [3.63, 3.8) is 0 Å². The Morgan fingerprint density at radius 1 is 1.30 bits per heavy atom. The maximum absolute atomic E-state index is 12.0. The molecule has 1 heterocycles. The number of aliphatic imine (C=N–C) groups is 1. The number of hydrogen-bond donors (Lipinski definition) is 3. The lowest BCUT2D eigenvalue weighted by atomic mass is 9.96. The fourth-order valence-corrected chi connectivity index (χ4v) is 3.46.